The van der Waals surface area contributed by atoms with Gasteiger partial charge in [0.2, 0.25) is 18.2 Å². The molecule has 1 aromatic rings. The van der Waals surface area contributed by atoms with Crippen LogP contribution in [-0.4, -0.2) is 67.6 Å². The van der Waals surface area contributed by atoms with Gasteiger partial charge in [-0.2, -0.15) is 15.0 Å². The molecule has 37 heavy (non-hydrogen) atoms. The molecule has 0 aromatic carbocycles. The molecule has 1 unspecified atom stereocenters. The Morgan fingerprint density at radius 2 is 1.35 bits per heavy atom. The fourth-order valence-corrected chi connectivity index (χ4v) is 16.8. The number of hydrogen-bond donors (Lipinski definition) is 0. The van der Waals surface area contributed by atoms with Gasteiger partial charge in [0.25, 0.3) is 0 Å². The van der Waals surface area contributed by atoms with Crippen LogP contribution in [0.3, 0.4) is 0 Å². The minimum atomic E-state index is -2.49. The summed E-state index contributed by atoms with van der Waals surface area (Å²) in [6, 6.07) is 0. The molecule has 0 saturated heterocycles. The Bertz CT molecular complexity index is 1140. The van der Waals surface area contributed by atoms with E-state index in [-0.39, 0.29) is 5.66 Å². The number of rotatable bonds is 14. The standard InChI is InChI=1S/C26H43N5O3P3/c1-5-31(26(3,4)37(34,22-12-13-22)23-14-15-23)25-28-18(2)27-24(29-25)30(16-35(32)19-6-7-19)17-36(33,20-8-9-20)21-10-11-21/h19-23H,5-17H2,1-4H3/q+1. The van der Waals surface area contributed by atoms with Crippen LogP contribution in [0.15, 0.2) is 0 Å². The van der Waals surface area contributed by atoms with E-state index in [1.165, 1.54) is 0 Å². The lowest BCUT2D eigenvalue weighted by Crippen LogP contribution is -2.47. The number of anilines is 2. The largest absolute Gasteiger partial charge is 0.363 e. The van der Waals surface area contributed by atoms with E-state index in [9.17, 15) is 13.7 Å². The molecular formula is C26H43N5O3P3+. The van der Waals surface area contributed by atoms with Gasteiger partial charge in [-0.1, -0.05) is 4.57 Å². The quantitative estimate of drug-likeness (QED) is 0.226. The molecule has 1 aromatic heterocycles. The Morgan fingerprint density at radius 1 is 0.838 bits per heavy atom. The predicted molar refractivity (Wildman–Crippen MR) is 152 cm³/mol. The van der Waals surface area contributed by atoms with Crippen molar-refractivity contribution in [3.05, 3.63) is 5.82 Å². The fraction of sp³-hybridized carbons (Fsp3) is 0.885. The Kier molecular flexibility index (Phi) is 6.69. The Balaban J connectivity index is 1.35. The van der Waals surface area contributed by atoms with Crippen LogP contribution in [0.4, 0.5) is 11.9 Å². The highest BCUT2D eigenvalue weighted by Gasteiger charge is 2.60. The molecule has 1 atom stereocenters. The zero-order chi connectivity index (χ0) is 26.2. The van der Waals surface area contributed by atoms with Crippen LogP contribution in [0.1, 0.15) is 90.8 Å². The van der Waals surface area contributed by atoms with Gasteiger partial charge in [0.15, 0.2) is 5.66 Å². The lowest BCUT2D eigenvalue weighted by atomic mass is 10.3. The lowest BCUT2D eigenvalue weighted by molar-refractivity contribution is 0.516. The maximum absolute atomic E-state index is 14.6. The summed E-state index contributed by atoms with van der Waals surface area (Å²) >= 11 is 0. The first-order valence-corrected chi connectivity index (χ1v) is 19.8. The van der Waals surface area contributed by atoms with E-state index in [2.05, 4.69) is 25.7 Å². The molecule has 5 aliphatic rings. The highest BCUT2D eigenvalue weighted by molar-refractivity contribution is 7.67. The van der Waals surface area contributed by atoms with E-state index in [0.29, 0.717) is 59.5 Å². The minimum absolute atomic E-state index is 0.273. The van der Waals surface area contributed by atoms with Crippen LogP contribution >= 0.6 is 22.1 Å². The van der Waals surface area contributed by atoms with Crippen LogP contribution in [0.5, 0.6) is 0 Å². The second kappa shape index (κ2) is 9.38. The van der Waals surface area contributed by atoms with Crippen molar-refractivity contribution in [2.24, 2.45) is 0 Å². The molecule has 0 radical (unpaired) electrons. The van der Waals surface area contributed by atoms with E-state index in [4.69, 9.17) is 15.0 Å². The Labute approximate surface area is 222 Å². The van der Waals surface area contributed by atoms with Gasteiger partial charge in [-0.15, -0.1) is 0 Å². The molecule has 1 heterocycles. The summed E-state index contributed by atoms with van der Waals surface area (Å²) in [6.07, 6.45) is 11.3. The molecule has 5 saturated carbocycles. The predicted octanol–water partition coefficient (Wildman–Crippen LogP) is 6.83. The average Bonchev–Trinajstić information content (AvgIpc) is 3.69. The third kappa shape index (κ3) is 4.98. The zero-order valence-corrected chi connectivity index (χ0v) is 25.6. The van der Waals surface area contributed by atoms with Crippen molar-refractivity contribution in [3.63, 3.8) is 0 Å². The van der Waals surface area contributed by atoms with Gasteiger partial charge < -0.3 is 14.0 Å². The van der Waals surface area contributed by atoms with Crippen molar-refractivity contribution in [1.82, 2.24) is 15.0 Å². The molecule has 0 spiro atoms. The van der Waals surface area contributed by atoms with Gasteiger partial charge in [0.1, 0.15) is 20.1 Å². The van der Waals surface area contributed by atoms with Gasteiger partial charge in [-0.25, -0.2) is 0 Å². The number of hydrogen-bond acceptors (Lipinski definition) is 8. The summed E-state index contributed by atoms with van der Waals surface area (Å²) in [6.45, 7) is 8.86. The van der Waals surface area contributed by atoms with Crippen molar-refractivity contribution in [1.29, 1.82) is 0 Å². The molecular weight excluding hydrogens is 523 g/mol. The summed E-state index contributed by atoms with van der Waals surface area (Å²) in [5.41, 5.74) is 1.56. The molecule has 0 N–H and O–H groups in total. The summed E-state index contributed by atoms with van der Waals surface area (Å²) in [7, 11) is -6.33. The Morgan fingerprint density at radius 3 is 1.81 bits per heavy atom. The first-order valence-electron chi connectivity index (χ1n) is 14.4. The number of aryl methyl sites for hydroxylation is 1. The van der Waals surface area contributed by atoms with E-state index >= 15 is 0 Å². The van der Waals surface area contributed by atoms with Gasteiger partial charge in [0.05, 0.1) is 11.6 Å². The summed E-state index contributed by atoms with van der Waals surface area (Å²) in [5, 5.41) is -0.545. The van der Waals surface area contributed by atoms with Gasteiger partial charge in [-0.05, 0) is 91.9 Å². The highest BCUT2D eigenvalue weighted by atomic mass is 31.2. The summed E-state index contributed by atoms with van der Waals surface area (Å²) in [4.78, 5) is 18.6. The maximum atomic E-state index is 14.6. The smallest absolute Gasteiger partial charge is 0.329 e. The normalized spacial score (nSPS) is 23.2. The van der Waals surface area contributed by atoms with E-state index in [1.54, 1.807) is 0 Å². The lowest BCUT2D eigenvalue weighted by Gasteiger charge is -2.44. The molecule has 204 valence electrons. The van der Waals surface area contributed by atoms with Crippen molar-refractivity contribution >= 4 is 34.0 Å². The van der Waals surface area contributed by atoms with E-state index in [1.807, 2.05) is 11.8 Å². The van der Waals surface area contributed by atoms with Gasteiger partial charge in [-0.3, -0.25) is 4.90 Å². The van der Waals surface area contributed by atoms with Crippen LogP contribution in [0, 0.1) is 6.92 Å². The SMILES string of the molecule is CCN(c1nc(C)nc(N(C[P+](=O)C2CC2)CP(=O)(C2CC2)C2CC2)n1)C(C)(C)P(=O)(C1CC1)C1CC1. The van der Waals surface area contributed by atoms with Crippen molar-refractivity contribution < 1.29 is 13.7 Å². The average molecular weight is 567 g/mol. The molecule has 0 aliphatic heterocycles. The van der Waals surface area contributed by atoms with Crippen LogP contribution in [-0.2, 0) is 13.7 Å². The number of aromatic nitrogens is 3. The van der Waals surface area contributed by atoms with E-state index in [0.717, 1.165) is 64.2 Å². The molecule has 5 aliphatic carbocycles. The first kappa shape index (κ1) is 26.4. The molecule has 0 amide bonds. The minimum Gasteiger partial charge on any atom is -0.329 e. The van der Waals surface area contributed by atoms with Crippen molar-refractivity contribution in [3.8, 4) is 0 Å². The van der Waals surface area contributed by atoms with Crippen LogP contribution < -0.4 is 9.80 Å². The maximum Gasteiger partial charge on any atom is 0.363 e. The van der Waals surface area contributed by atoms with Crippen molar-refractivity contribution in [2.45, 2.75) is 125 Å². The van der Waals surface area contributed by atoms with Crippen LogP contribution in [0.25, 0.3) is 0 Å². The molecule has 6 rings (SSSR count). The van der Waals surface area contributed by atoms with Gasteiger partial charge in [0, 0.05) is 29.2 Å². The third-order valence-corrected chi connectivity index (χ3v) is 20.6. The third-order valence-electron chi connectivity index (χ3n) is 9.24. The van der Waals surface area contributed by atoms with Crippen LogP contribution in [0.2, 0.25) is 0 Å². The Hall–Kier alpha value is -0.830. The van der Waals surface area contributed by atoms with Crippen molar-refractivity contribution in [2.75, 3.05) is 28.9 Å². The molecule has 11 heteroatoms. The summed E-state index contributed by atoms with van der Waals surface area (Å²) in [5.74, 6) is 1.65. The zero-order valence-electron chi connectivity index (χ0n) is 22.9. The van der Waals surface area contributed by atoms with Gasteiger partial charge >= 0.3 is 7.80 Å². The fourth-order valence-electron chi connectivity index (χ4n) is 6.42. The second-order valence-corrected chi connectivity index (χ2v) is 22.0. The summed E-state index contributed by atoms with van der Waals surface area (Å²) < 4.78 is 42.0. The van der Waals surface area contributed by atoms with E-state index < -0.39 is 27.4 Å². The topological polar surface area (TPSA) is 96.4 Å². The monoisotopic (exact) mass is 566 g/mol. The second-order valence-electron chi connectivity index (χ2n) is 12.7. The molecule has 8 nitrogen and oxygen atoms in total. The molecule has 0 bridgehead atoms. The number of nitrogens with zero attached hydrogens (tertiary/aromatic N) is 5. The molecule has 5 fully saturated rings. The highest BCUT2D eigenvalue weighted by Crippen LogP contribution is 2.77. The first-order chi connectivity index (χ1) is 17.6.